The van der Waals surface area contributed by atoms with Gasteiger partial charge in [-0.1, -0.05) is 6.07 Å². The summed E-state index contributed by atoms with van der Waals surface area (Å²) < 4.78 is 43.4. The van der Waals surface area contributed by atoms with Crippen LogP contribution in [-0.4, -0.2) is 41.6 Å². The third-order valence-corrected chi connectivity index (χ3v) is 6.30. The molecule has 2 N–H and O–H groups in total. The standard InChI is InChI=1S/C19H16FN5O3S/c1-21-12-9-14-15(11-23-19(14)22-10-12)18(26)13-5-4-6-16(17(13)20)24-29(27,28)25-7-2-3-8-25/h4-6,9-11,24H,2-3,7-8H2,(H,22,23). The highest BCUT2D eigenvalue weighted by atomic mass is 32.2. The van der Waals surface area contributed by atoms with Gasteiger partial charge in [-0.2, -0.15) is 12.7 Å². The number of aromatic nitrogens is 2. The van der Waals surface area contributed by atoms with Crippen molar-refractivity contribution in [3.63, 3.8) is 0 Å². The van der Waals surface area contributed by atoms with Crippen LogP contribution in [0.15, 0.2) is 36.7 Å². The maximum absolute atomic E-state index is 15.0. The van der Waals surface area contributed by atoms with E-state index in [9.17, 15) is 13.2 Å². The smallest absolute Gasteiger partial charge is 0.301 e. The molecule has 3 aromatic rings. The summed E-state index contributed by atoms with van der Waals surface area (Å²) in [5, 5.41) is 0.394. The number of pyridine rings is 1. The van der Waals surface area contributed by atoms with E-state index in [2.05, 4.69) is 19.5 Å². The normalized spacial score (nSPS) is 14.8. The van der Waals surface area contributed by atoms with Crippen LogP contribution in [0.4, 0.5) is 15.8 Å². The molecule has 1 aliphatic heterocycles. The fourth-order valence-electron chi connectivity index (χ4n) is 3.30. The Morgan fingerprint density at radius 1 is 1.28 bits per heavy atom. The number of nitrogens with one attached hydrogen (secondary N) is 2. The quantitative estimate of drug-likeness (QED) is 0.495. The lowest BCUT2D eigenvalue weighted by Crippen LogP contribution is -2.33. The van der Waals surface area contributed by atoms with Crippen molar-refractivity contribution in [3.8, 4) is 0 Å². The minimum atomic E-state index is -3.89. The Labute approximate surface area is 166 Å². The highest BCUT2D eigenvalue weighted by Crippen LogP contribution is 2.27. The number of hydrogen-bond acceptors (Lipinski definition) is 4. The molecule has 10 heteroatoms. The molecule has 0 aliphatic carbocycles. The fraction of sp³-hybridized carbons (Fsp3) is 0.211. The molecule has 0 atom stereocenters. The van der Waals surface area contributed by atoms with Crippen molar-refractivity contribution in [2.75, 3.05) is 17.8 Å². The van der Waals surface area contributed by atoms with Crippen molar-refractivity contribution in [2.24, 2.45) is 0 Å². The summed E-state index contributed by atoms with van der Waals surface area (Å²) in [4.78, 5) is 23.1. The van der Waals surface area contributed by atoms with Crippen LogP contribution in [0, 0.1) is 12.4 Å². The molecular weight excluding hydrogens is 397 g/mol. The molecule has 29 heavy (non-hydrogen) atoms. The zero-order valence-electron chi connectivity index (χ0n) is 15.1. The second kappa shape index (κ2) is 7.27. The molecule has 0 amide bonds. The first-order valence-corrected chi connectivity index (χ1v) is 10.3. The maximum Gasteiger partial charge on any atom is 0.301 e. The summed E-state index contributed by atoms with van der Waals surface area (Å²) in [6.07, 6.45) is 4.27. The summed E-state index contributed by atoms with van der Waals surface area (Å²) >= 11 is 0. The van der Waals surface area contributed by atoms with E-state index < -0.39 is 21.8 Å². The van der Waals surface area contributed by atoms with E-state index in [0.717, 1.165) is 12.8 Å². The van der Waals surface area contributed by atoms with E-state index in [1.54, 1.807) is 0 Å². The molecule has 0 spiro atoms. The van der Waals surface area contributed by atoms with Crippen molar-refractivity contribution in [1.29, 1.82) is 0 Å². The molecule has 0 bridgehead atoms. The third-order valence-electron chi connectivity index (χ3n) is 4.78. The molecule has 0 unspecified atom stereocenters. The lowest BCUT2D eigenvalue weighted by atomic mass is 10.0. The molecule has 1 saturated heterocycles. The van der Waals surface area contributed by atoms with Gasteiger partial charge in [-0.3, -0.25) is 14.5 Å². The number of nitrogens with zero attached hydrogens (tertiary/aromatic N) is 3. The van der Waals surface area contributed by atoms with Gasteiger partial charge in [-0.05, 0) is 31.0 Å². The number of rotatable bonds is 5. The lowest BCUT2D eigenvalue weighted by molar-refractivity contribution is 0.103. The second-order valence-corrected chi connectivity index (χ2v) is 8.28. The van der Waals surface area contributed by atoms with Crippen LogP contribution in [-0.2, 0) is 10.2 Å². The van der Waals surface area contributed by atoms with Crippen molar-refractivity contribution in [1.82, 2.24) is 14.3 Å². The van der Waals surface area contributed by atoms with Gasteiger partial charge >= 0.3 is 10.2 Å². The van der Waals surface area contributed by atoms with Gasteiger partial charge in [0, 0.05) is 36.4 Å². The first-order valence-electron chi connectivity index (χ1n) is 8.86. The molecule has 2 aromatic heterocycles. The van der Waals surface area contributed by atoms with Gasteiger partial charge in [-0.15, -0.1) is 0 Å². The molecule has 0 saturated carbocycles. The van der Waals surface area contributed by atoms with E-state index in [4.69, 9.17) is 6.57 Å². The van der Waals surface area contributed by atoms with Crippen molar-refractivity contribution >= 4 is 38.4 Å². The van der Waals surface area contributed by atoms with Gasteiger partial charge in [0.15, 0.2) is 11.6 Å². The zero-order chi connectivity index (χ0) is 20.6. The predicted molar refractivity (Wildman–Crippen MR) is 106 cm³/mol. The van der Waals surface area contributed by atoms with Gasteiger partial charge in [-0.25, -0.2) is 9.24 Å². The number of carbonyl (C=O) groups is 1. The van der Waals surface area contributed by atoms with Gasteiger partial charge in [0.25, 0.3) is 0 Å². The maximum atomic E-state index is 15.0. The number of fused-ring (bicyclic) bond motifs is 1. The van der Waals surface area contributed by atoms with Crippen molar-refractivity contribution < 1.29 is 17.6 Å². The largest absolute Gasteiger partial charge is 0.345 e. The van der Waals surface area contributed by atoms with Gasteiger partial charge in [0.05, 0.1) is 17.8 Å². The van der Waals surface area contributed by atoms with Gasteiger partial charge in [0.1, 0.15) is 5.65 Å². The minimum Gasteiger partial charge on any atom is -0.345 e. The molecule has 1 fully saturated rings. The molecule has 3 heterocycles. The Hall–Kier alpha value is -3.29. The molecule has 1 aliphatic rings. The number of H-pyrrole nitrogens is 1. The lowest BCUT2D eigenvalue weighted by Gasteiger charge is -2.17. The van der Waals surface area contributed by atoms with Crippen LogP contribution in [0.3, 0.4) is 0 Å². The molecular formula is C19H16FN5O3S. The number of aromatic amines is 1. The predicted octanol–water partition coefficient (Wildman–Crippen LogP) is 3.24. The number of ketones is 1. The average molecular weight is 413 g/mol. The molecule has 1 aromatic carbocycles. The summed E-state index contributed by atoms with van der Waals surface area (Å²) in [5.41, 5.74) is 0.227. The van der Waals surface area contributed by atoms with Crippen LogP contribution >= 0.6 is 0 Å². The van der Waals surface area contributed by atoms with Crippen molar-refractivity contribution in [2.45, 2.75) is 12.8 Å². The zero-order valence-corrected chi connectivity index (χ0v) is 16.0. The molecule has 148 valence electrons. The SMILES string of the molecule is [C-]#[N+]c1cnc2[nH]cc(C(=O)c3cccc(NS(=O)(=O)N4CCCC4)c3F)c2c1. The molecule has 8 nitrogen and oxygen atoms in total. The number of benzene rings is 1. The van der Waals surface area contributed by atoms with Crippen LogP contribution in [0.2, 0.25) is 0 Å². The average Bonchev–Trinajstić information content (AvgIpc) is 3.39. The van der Waals surface area contributed by atoms with Crippen LogP contribution in [0.25, 0.3) is 15.9 Å². The first kappa shape index (κ1) is 19.0. The number of carbonyl (C=O) groups excluding carboxylic acids is 1. The number of anilines is 1. The van der Waals surface area contributed by atoms with E-state index >= 15 is 4.39 Å². The topological polar surface area (TPSA) is 99.5 Å². The van der Waals surface area contributed by atoms with Crippen LogP contribution in [0.1, 0.15) is 28.8 Å². The number of halogens is 1. The Morgan fingerprint density at radius 2 is 2.03 bits per heavy atom. The second-order valence-electron chi connectivity index (χ2n) is 6.61. The Morgan fingerprint density at radius 3 is 2.76 bits per heavy atom. The van der Waals surface area contributed by atoms with Gasteiger partial charge in [0.2, 0.25) is 5.69 Å². The van der Waals surface area contributed by atoms with E-state index in [1.807, 2.05) is 0 Å². The Bertz CT molecular complexity index is 1260. The monoisotopic (exact) mass is 413 g/mol. The molecule has 4 rings (SSSR count). The number of hydrogen-bond donors (Lipinski definition) is 2. The highest BCUT2D eigenvalue weighted by molar-refractivity contribution is 7.90. The summed E-state index contributed by atoms with van der Waals surface area (Å²) in [6.45, 7) is 7.84. The fourth-order valence-corrected chi connectivity index (χ4v) is 4.61. The Balaban J connectivity index is 1.70. The first-order chi connectivity index (χ1) is 13.9. The minimum absolute atomic E-state index is 0.149. The highest BCUT2D eigenvalue weighted by Gasteiger charge is 2.27. The summed E-state index contributed by atoms with van der Waals surface area (Å²) in [5.74, 6) is -1.59. The van der Waals surface area contributed by atoms with Gasteiger partial charge < -0.3 is 4.98 Å². The van der Waals surface area contributed by atoms with Crippen LogP contribution < -0.4 is 4.72 Å². The molecule has 0 radical (unpaired) electrons. The summed E-state index contributed by atoms with van der Waals surface area (Å²) in [7, 11) is -3.89. The van der Waals surface area contributed by atoms with E-state index in [-0.39, 0.29) is 22.5 Å². The Kier molecular flexibility index (Phi) is 4.77. The van der Waals surface area contributed by atoms with E-state index in [1.165, 1.54) is 41.0 Å². The van der Waals surface area contributed by atoms with Crippen molar-refractivity contribution in [3.05, 3.63) is 65.0 Å². The summed E-state index contributed by atoms with van der Waals surface area (Å²) in [6, 6.07) is 5.47. The third kappa shape index (κ3) is 3.46. The van der Waals surface area contributed by atoms with E-state index in [0.29, 0.717) is 24.1 Å². The van der Waals surface area contributed by atoms with Crippen LogP contribution in [0.5, 0.6) is 0 Å².